The van der Waals surface area contributed by atoms with Gasteiger partial charge in [0.2, 0.25) is 5.91 Å². The van der Waals surface area contributed by atoms with E-state index in [-0.39, 0.29) is 12.3 Å². The van der Waals surface area contributed by atoms with E-state index < -0.39 is 0 Å². The lowest BCUT2D eigenvalue weighted by molar-refractivity contribution is -0.120. The Labute approximate surface area is 102 Å². The third-order valence-electron chi connectivity index (χ3n) is 2.69. The maximum absolute atomic E-state index is 11.3. The molecule has 0 unspecified atom stereocenters. The molecular weight excluding hydrogens is 212 g/mol. The van der Waals surface area contributed by atoms with Gasteiger partial charge in [-0.05, 0) is 31.4 Å². The summed E-state index contributed by atoms with van der Waals surface area (Å²) in [5.74, 6) is -0.0446. The Morgan fingerprint density at radius 3 is 2.88 bits per heavy atom. The number of aryl methyl sites for hydroxylation is 2. The molecule has 0 aromatic heterocycles. The van der Waals surface area contributed by atoms with Crippen LogP contribution in [0.25, 0.3) is 0 Å². The molecule has 0 fully saturated rings. The summed E-state index contributed by atoms with van der Waals surface area (Å²) in [5.41, 5.74) is 3.76. The number of nitrogens with one attached hydrogen (secondary N) is 1. The van der Waals surface area contributed by atoms with Gasteiger partial charge in [-0.15, -0.1) is 0 Å². The molecule has 0 heterocycles. The quantitative estimate of drug-likeness (QED) is 0.843. The molecular formula is C14H18N2O. The lowest BCUT2D eigenvalue weighted by Crippen LogP contribution is -2.25. The molecule has 0 bridgehead atoms. The maximum atomic E-state index is 11.3. The molecule has 90 valence electrons. The Kier molecular flexibility index (Phi) is 5.22. The lowest BCUT2D eigenvalue weighted by atomic mass is 10.0. The van der Waals surface area contributed by atoms with E-state index in [4.69, 9.17) is 5.26 Å². The molecule has 1 N–H and O–H groups in total. The number of amides is 1. The van der Waals surface area contributed by atoms with Gasteiger partial charge in [-0.1, -0.05) is 23.8 Å². The van der Waals surface area contributed by atoms with Gasteiger partial charge >= 0.3 is 0 Å². The smallest absolute Gasteiger partial charge is 0.221 e. The van der Waals surface area contributed by atoms with Crippen LogP contribution >= 0.6 is 0 Å². The van der Waals surface area contributed by atoms with E-state index in [1.165, 1.54) is 16.7 Å². The van der Waals surface area contributed by atoms with Gasteiger partial charge in [0.25, 0.3) is 0 Å². The van der Waals surface area contributed by atoms with Crippen molar-refractivity contribution in [2.75, 3.05) is 6.54 Å². The number of nitrogens with zero attached hydrogens (tertiary/aromatic N) is 1. The summed E-state index contributed by atoms with van der Waals surface area (Å²) in [5, 5.41) is 11.2. The SMILES string of the molecule is Cc1ccc(C)c(CCNC(=O)CCC#N)c1. The van der Waals surface area contributed by atoms with Gasteiger partial charge in [-0.25, -0.2) is 0 Å². The first-order valence-corrected chi connectivity index (χ1v) is 5.83. The minimum absolute atomic E-state index is 0.0446. The number of carbonyl (C=O) groups excluding carboxylic acids is 1. The van der Waals surface area contributed by atoms with Crippen LogP contribution in [0, 0.1) is 25.2 Å². The topological polar surface area (TPSA) is 52.9 Å². The van der Waals surface area contributed by atoms with Crippen molar-refractivity contribution >= 4 is 5.91 Å². The normalized spacial score (nSPS) is 9.71. The second-order valence-electron chi connectivity index (χ2n) is 4.19. The molecule has 3 nitrogen and oxygen atoms in total. The molecule has 1 rings (SSSR count). The molecule has 0 radical (unpaired) electrons. The van der Waals surface area contributed by atoms with Crippen LogP contribution in [0.4, 0.5) is 0 Å². The first kappa shape index (κ1) is 13.2. The van der Waals surface area contributed by atoms with E-state index in [1.54, 1.807) is 0 Å². The minimum Gasteiger partial charge on any atom is -0.356 e. The average molecular weight is 230 g/mol. The number of benzene rings is 1. The third-order valence-corrected chi connectivity index (χ3v) is 2.69. The summed E-state index contributed by atoms with van der Waals surface area (Å²) < 4.78 is 0. The molecule has 0 saturated carbocycles. The van der Waals surface area contributed by atoms with Crippen molar-refractivity contribution in [1.82, 2.24) is 5.32 Å². The van der Waals surface area contributed by atoms with Crippen molar-refractivity contribution in [3.63, 3.8) is 0 Å². The zero-order chi connectivity index (χ0) is 12.7. The summed E-state index contributed by atoms with van der Waals surface area (Å²) in [6, 6.07) is 8.30. The van der Waals surface area contributed by atoms with Gasteiger partial charge < -0.3 is 5.32 Å². The fourth-order valence-electron chi connectivity index (χ4n) is 1.66. The molecule has 0 aliphatic rings. The van der Waals surface area contributed by atoms with Crippen LogP contribution in [0.3, 0.4) is 0 Å². The standard InChI is InChI=1S/C14H18N2O/c1-11-5-6-12(2)13(10-11)7-9-16-14(17)4-3-8-15/h5-6,10H,3-4,7,9H2,1-2H3,(H,16,17). The largest absolute Gasteiger partial charge is 0.356 e. The van der Waals surface area contributed by atoms with Gasteiger partial charge in [0.15, 0.2) is 0 Å². The van der Waals surface area contributed by atoms with E-state index in [2.05, 4.69) is 37.4 Å². The van der Waals surface area contributed by atoms with E-state index in [1.807, 2.05) is 6.07 Å². The first-order valence-electron chi connectivity index (χ1n) is 5.83. The van der Waals surface area contributed by atoms with E-state index >= 15 is 0 Å². The number of carbonyl (C=O) groups is 1. The van der Waals surface area contributed by atoms with Gasteiger partial charge in [-0.2, -0.15) is 5.26 Å². The second kappa shape index (κ2) is 6.70. The zero-order valence-corrected chi connectivity index (χ0v) is 10.4. The number of hydrogen-bond acceptors (Lipinski definition) is 2. The van der Waals surface area contributed by atoms with Crippen LogP contribution in [0.2, 0.25) is 0 Å². The van der Waals surface area contributed by atoms with Crippen LogP contribution in [-0.4, -0.2) is 12.5 Å². The summed E-state index contributed by atoms with van der Waals surface area (Å²) in [6.45, 7) is 4.77. The summed E-state index contributed by atoms with van der Waals surface area (Å²) in [4.78, 5) is 11.3. The van der Waals surface area contributed by atoms with Gasteiger partial charge in [-0.3, -0.25) is 4.79 Å². The molecule has 3 heteroatoms. The highest BCUT2D eigenvalue weighted by Crippen LogP contribution is 2.10. The lowest BCUT2D eigenvalue weighted by Gasteiger charge is -2.08. The number of rotatable bonds is 5. The molecule has 0 aliphatic carbocycles. The predicted molar refractivity (Wildman–Crippen MR) is 67.5 cm³/mol. The summed E-state index contributed by atoms with van der Waals surface area (Å²) in [7, 11) is 0. The maximum Gasteiger partial charge on any atom is 0.221 e. The Hall–Kier alpha value is -1.82. The first-order chi connectivity index (χ1) is 8.13. The highest BCUT2D eigenvalue weighted by molar-refractivity contribution is 5.76. The highest BCUT2D eigenvalue weighted by atomic mass is 16.1. The molecule has 1 amide bonds. The summed E-state index contributed by atoms with van der Waals surface area (Å²) in [6.07, 6.45) is 1.42. The van der Waals surface area contributed by atoms with Crippen LogP contribution in [0.1, 0.15) is 29.5 Å². The molecule has 0 atom stereocenters. The van der Waals surface area contributed by atoms with E-state index in [9.17, 15) is 4.79 Å². The molecule has 0 spiro atoms. The average Bonchev–Trinajstić information content (AvgIpc) is 2.31. The molecule has 0 aliphatic heterocycles. The minimum atomic E-state index is -0.0446. The fourth-order valence-corrected chi connectivity index (χ4v) is 1.66. The van der Waals surface area contributed by atoms with Crippen molar-refractivity contribution in [2.24, 2.45) is 0 Å². The summed E-state index contributed by atoms with van der Waals surface area (Å²) >= 11 is 0. The van der Waals surface area contributed by atoms with Crippen LogP contribution in [0.5, 0.6) is 0 Å². The van der Waals surface area contributed by atoms with Gasteiger partial charge in [0.1, 0.15) is 0 Å². The van der Waals surface area contributed by atoms with E-state index in [0.29, 0.717) is 13.0 Å². The Morgan fingerprint density at radius 2 is 2.18 bits per heavy atom. The molecule has 1 aromatic carbocycles. The Morgan fingerprint density at radius 1 is 1.41 bits per heavy atom. The Bertz CT molecular complexity index is 432. The Balaban J connectivity index is 2.38. The van der Waals surface area contributed by atoms with Crippen molar-refractivity contribution in [3.05, 3.63) is 34.9 Å². The van der Waals surface area contributed by atoms with Crippen LogP contribution < -0.4 is 5.32 Å². The highest BCUT2D eigenvalue weighted by Gasteiger charge is 2.02. The zero-order valence-electron chi connectivity index (χ0n) is 10.4. The van der Waals surface area contributed by atoms with E-state index in [0.717, 1.165) is 6.42 Å². The predicted octanol–water partition coefficient (Wildman–Crippen LogP) is 2.27. The molecule has 1 aromatic rings. The second-order valence-corrected chi connectivity index (χ2v) is 4.19. The van der Waals surface area contributed by atoms with Crippen molar-refractivity contribution in [1.29, 1.82) is 5.26 Å². The van der Waals surface area contributed by atoms with Crippen molar-refractivity contribution in [3.8, 4) is 6.07 Å². The monoisotopic (exact) mass is 230 g/mol. The van der Waals surface area contributed by atoms with Crippen molar-refractivity contribution in [2.45, 2.75) is 33.1 Å². The van der Waals surface area contributed by atoms with Gasteiger partial charge in [0, 0.05) is 19.4 Å². The molecule has 0 saturated heterocycles. The van der Waals surface area contributed by atoms with Crippen LogP contribution in [-0.2, 0) is 11.2 Å². The number of nitriles is 1. The van der Waals surface area contributed by atoms with Crippen LogP contribution in [0.15, 0.2) is 18.2 Å². The third kappa shape index (κ3) is 4.69. The van der Waals surface area contributed by atoms with Crippen molar-refractivity contribution < 1.29 is 4.79 Å². The molecule has 17 heavy (non-hydrogen) atoms. The van der Waals surface area contributed by atoms with Gasteiger partial charge in [0.05, 0.1) is 6.07 Å². The number of hydrogen-bond donors (Lipinski definition) is 1. The fraction of sp³-hybridized carbons (Fsp3) is 0.429.